The molecule has 0 unspecified atom stereocenters. The van der Waals surface area contributed by atoms with Crippen molar-refractivity contribution < 1.29 is 0 Å². The van der Waals surface area contributed by atoms with E-state index < -0.39 is 0 Å². The SMILES string of the molecule is CN=C(c1ccc(Cl)cc1)c1ccc2c(c1)c(-c1cccc(Cl)c1)cc(=O)n2C. The van der Waals surface area contributed by atoms with Crippen molar-refractivity contribution in [1.82, 2.24) is 4.57 Å². The summed E-state index contributed by atoms with van der Waals surface area (Å²) in [5, 5.41) is 2.27. The van der Waals surface area contributed by atoms with Gasteiger partial charge in [-0.1, -0.05) is 53.5 Å². The smallest absolute Gasteiger partial charge is 0.251 e. The fraction of sp³-hybridized carbons (Fsp3) is 0.0833. The first-order chi connectivity index (χ1) is 14.0. The molecule has 5 heteroatoms. The zero-order chi connectivity index (χ0) is 20.5. The van der Waals surface area contributed by atoms with Crippen molar-refractivity contribution >= 4 is 39.8 Å². The zero-order valence-electron chi connectivity index (χ0n) is 16.0. The maximum absolute atomic E-state index is 12.5. The Morgan fingerprint density at radius 3 is 2.28 bits per heavy atom. The highest BCUT2D eigenvalue weighted by molar-refractivity contribution is 6.31. The molecule has 0 spiro atoms. The largest absolute Gasteiger partial charge is 0.311 e. The molecule has 0 radical (unpaired) electrons. The molecule has 0 aliphatic rings. The van der Waals surface area contributed by atoms with Crippen LogP contribution in [-0.2, 0) is 7.05 Å². The number of nitrogens with zero attached hydrogens (tertiary/aromatic N) is 2. The van der Waals surface area contributed by atoms with E-state index in [0.29, 0.717) is 10.0 Å². The van der Waals surface area contributed by atoms with Crippen LogP contribution in [0, 0.1) is 0 Å². The molecule has 0 aliphatic carbocycles. The Morgan fingerprint density at radius 1 is 0.862 bits per heavy atom. The summed E-state index contributed by atoms with van der Waals surface area (Å²) in [5.41, 5.74) is 5.33. The highest BCUT2D eigenvalue weighted by atomic mass is 35.5. The lowest BCUT2D eigenvalue weighted by Gasteiger charge is -2.14. The van der Waals surface area contributed by atoms with E-state index in [2.05, 4.69) is 11.1 Å². The summed E-state index contributed by atoms with van der Waals surface area (Å²) in [4.78, 5) is 17.0. The molecule has 0 N–H and O–H groups in total. The fourth-order valence-electron chi connectivity index (χ4n) is 3.54. The Bertz CT molecular complexity index is 1310. The average molecular weight is 421 g/mol. The number of aryl methyl sites for hydroxylation is 1. The molecule has 1 heterocycles. The number of hydrogen-bond donors (Lipinski definition) is 0. The molecular formula is C24H18Cl2N2O. The Balaban J connectivity index is 1.97. The summed E-state index contributed by atoms with van der Waals surface area (Å²) in [6.45, 7) is 0. The molecule has 0 aliphatic heterocycles. The maximum atomic E-state index is 12.5. The second-order valence-corrected chi connectivity index (χ2v) is 7.65. The number of halogens is 2. The third kappa shape index (κ3) is 3.71. The van der Waals surface area contributed by atoms with Gasteiger partial charge in [0, 0.05) is 46.7 Å². The van der Waals surface area contributed by atoms with Crippen molar-refractivity contribution in [2.45, 2.75) is 0 Å². The van der Waals surface area contributed by atoms with E-state index in [1.54, 1.807) is 24.7 Å². The first kappa shape index (κ1) is 19.4. The van der Waals surface area contributed by atoms with Crippen molar-refractivity contribution in [3.05, 3.63) is 104 Å². The summed E-state index contributed by atoms with van der Waals surface area (Å²) < 4.78 is 1.65. The van der Waals surface area contributed by atoms with E-state index in [-0.39, 0.29) is 5.56 Å². The van der Waals surface area contributed by atoms with E-state index in [0.717, 1.165) is 38.9 Å². The topological polar surface area (TPSA) is 34.4 Å². The highest BCUT2D eigenvalue weighted by Gasteiger charge is 2.13. The fourth-order valence-corrected chi connectivity index (χ4v) is 3.85. The van der Waals surface area contributed by atoms with Crippen molar-refractivity contribution in [1.29, 1.82) is 0 Å². The Hall–Kier alpha value is -2.88. The van der Waals surface area contributed by atoms with Gasteiger partial charge in [-0.2, -0.15) is 0 Å². The first-order valence-corrected chi connectivity index (χ1v) is 9.86. The lowest BCUT2D eigenvalue weighted by molar-refractivity contribution is 0.907. The van der Waals surface area contributed by atoms with Crippen LogP contribution in [0.2, 0.25) is 10.0 Å². The van der Waals surface area contributed by atoms with Gasteiger partial charge >= 0.3 is 0 Å². The van der Waals surface area contributed by atoms with Gasteiger partial charge in [0.15, 0.2) is 0 Å². The van der Waals surface area contributed by atoms with Crippen LogP contribution in [0.4, 0.5) is 0 Å². The quantitative estimate of drug-likeness (QED) is 0.375. The van der Waals surface area contributed by atoms with Gasteiger partial charge in [-0.3, -0.25) is 9.79 Å². The summed E-state index contributed by atoms with van der Waals surface area (Å²) >= 11 is 12.2. The van der Waals surface area contributed by atoms with Crippen LogP contribution >= 0.6 is 23.2 Å². The average Bonchev–Trinajstić information content (AvgIpc) is 2.72. The van der Waals surface area contributed by atoms with Gasteiger partial charge in [0.05, 0.1) is 11.2 Å². The number of rotatable bonds is 3. The molecule has 0 bridgehead atoms. The molecule has 0 amide bonds. The molecule has 0 saturated heterocycles. The summed E-state index contributed by atoms with van der Waals surface area (Å²) in [6.07, 6.45) is 0. The zero-order valence-corrected chi connectivity index (χ0v) is 17.5. The predicted octanol–water partition coefficient (Wildman–Crippen LogP) is 5.98. The van der Waals surface area contributed by atoms with Gasteiger partial charge in [0.25, 0.3) is 5.56 Å². The number of aliphatic imine (C=N–C) groups is 1. The summed E-state index contributed by atoms with van der Waals surface area (Å²) in [5.74, 6) is 0. The second kappa shape index (κ2) is 7.86. The minimum Gasteiger partial charge on any atom is -0.311 e. The van der Waals surface area contributed by atoms with Crippen LogP contribution in [0.15, 0.2) is 82.6 Å². The summed E-state index contributed by atoms with van der Waals surface area (Å²) in [6, 6.07) is 22.8. The van der Waals surface area contributed by atoms with Gasteiger partial charge in [0.1, 0.15) is 0 Å². The molecule has 144 valence electrons. The van der Waals surface area contributed by atoms with Crippen LogP contribution in [0.1, 0.15) is 11.1 Å². The van der Waals surface area contributed by atoms with Crippen LogP contribution in [0.25, 0.3) is 22.0 Å². The van der Waals surface area contributed by atoms with Crippen molar-refractivity contribution in [2.24, 2.45) is 12.0 Å². The van der Waals surface area contributed by atoms with E-state index in [4.69, 9.17) is 23.2 Å². The number of aromatic nitrogens is 1. The molecule has 4 aromatic rings. The molecule has 0 atom stereocenters. The Morgan fingerprint density at radius 2 is 1.59 bits per heavy atom. The number of fused-ring (bicyclic) bond motifs is 1. The monoisotopic (exact) mass is 420 g/mol. The van der Waals surface area contributed by atoms with E-state index >= 15 is 0 Å². The van der Waals surface area contributed by atoms with Gasteiger partial charge in [-0.25, -0.2) is 0 Å². The minimum absolute atomic E-state index is 0.0673. The molecule has 29 heavy (non-hydrogen) atoms. The first-order valence-electron chi connectivity index (χ1n) is 9.11. The van der Waals surface area contributed by atoms with Crippen molar-refractivity contribution in [2.75, 3.05) is 7.05 Å². The van der Waals surface area contributed by atoms with Gasteiger partial charge in [0.2, 0.25) is 0 Å². The Kier molecular flexibility index (Phi) is 5.27. The molecule has 0 fully saturated rings. The number of benzene rings is 3. The van der Waals surface area contributed by atoms with E-state index in [9.17, 15) is 4.79 Å². The minimum atomic E-state index is -0.0673. The van der Waals surface area contributed by atoms with Gasteiger partial charge < -0.3 is 4.57 Å². The molecule has 4 rings (SSSR count). The number of pyridine rings is 1. The van der Waals surface area contributed by atoms with Crippen LogP contribution < -0.4 is 5.56 Å². The van der Waals surface area contributed by atoms with Crippen molar-refractivity contribution in [3.8, 4) is 11.1 Å². The lowest BCUT2D eigenvalue weighted by Crippen LogP contribution is -2.16. The third-order valence-electron chi connectivity index (χ3n) is 5.00. The summed E-state index contributed by atoms with van der Waals surface area (Å²) in [7, 11) is 3.55. The van der Waals surface area contributed by atoms with Crippen LogP contribution in [0.5, 0.6) is 0 Å². The standard InChI is InChI=1S/C24H18Cl2N2O/c1-27-24(15-6-9-18(25)10-7-15)17-8-11-22-21(13-17)20(14-23(29)28(22)2)16-4-3-5-19(26)12-16/h3-14H,1-2H3. The molecule has 1 aromatic heterocycles. The van der Waals surface area contributed by atoms with Crippen LogP contribution in [-0.4, -0.2) is 17.3 Å². The molecule has 3 aromatic carbocycles. The van der Waals surface area contributed by atoms with Crippen LogP contribution in [0.3, 0.4) is 0 Å². The second-order valence-electron chi connectivity index (χ2n) is 6.78. The van der Waals surface area contributed by atoms with E-state index in [1.807, 2.05) is 60.7 Å². The normalized spacial score (nSPS) is 11.8. The molecule has 0 saturated carbocycles. The maximum Gasteiger partial charge on any atom is 0.251 e. The van der Waals surface area contributed by atoms with Crippen molar-refractivity contribution in [3.63, 3.8) is 0 Å². The lowest BCUT2D eigenvalue weighted by atomic mass is 9.96. The van der Waals surface area contributed by atoms with E-state index in [1.165, 1.54) is 0 Å². The molecular weight excluding hydrogens is 403 g/mol. The van der Waals surface area contributed by atoms with Gasteiger partial charge in [-0.15, -0.1) is 0 Å². The van der Waals surface area contributed by atoms with Gasteiger partial charge in [-0.05, 0) is 47.5 Å². The molecule has 3 nitrogen and oxygen atoms in total. The Labute approximate surface area is 178 Å². The third-order valence-corrected chi connectivity index (χ3v) is 5.48. The highest BCUT2D eigenvalue weighted by Crippen LogP contribution is 2.30. The predicted molar refractivity (Wildman–Crippen MR) is 123 cm³/mol. The number of hydrogen-bond acceptors (Lipinski definition) is 2.